The molecule has 7 heteroatoms. The third-order valence-corrected chi connectivity index (χ3v) is 5.01. The Labute approximate surface area is 152 Å². The molecule has 2 amide bonds. The first-order valence-corrected chi connectivity index (χ1v) is 9.07. The molecule has 1 atom stereocenters. The van der Waals surface area contributed by atoms with Gasteiger partial charge in [0.15, 0.2) is 0 Å². The molecule has 2 aliphatic heterocycles. The lowest BCUT2D eigenvalue weighted by molar-refractivity contribution is -0.143. The Balaban J connectivity index is 1.66. The summed E-state index contributed by atoms with van der Waals surface area (Å²) in [5.41, 5.74) is 0.548. The Bertz CT molecular complexity index is 680. The number of amides is 2. The third kappa shape index (κ3) is 3.72. The molecular weight excluding hydrogens is 336 g/mol. The van der Waals surface area contributed by atoms with E-state index in [1.807, 2.05) is 11.8 Å². The Morgan fingerprint density at radius 3 is 2.42 bits per heavy atom. The highest BCUT2D eigenvalue weighted by molar-refractivity contribution is 6.22. The van der Waals surface area contributed by atoms with E-state index in [1.54, 1.807) is 24.3 Å². The van der Waals surface area contributed by atoms with E-state index >= 15 is 0 Å². The van der Waals surface area contributed by atoms with Crippen molar-refractivity contribution in [2.24, 2.45) is 5.92 Å². The highest BCUT2D eigenvalue weighted by Gasteiger charge is 2.43. The molecule has 140 valence electrons. The molecule has 0 bridgehead atoms. The van der Waals surface area contributed by atoms with Crippen molar-refractivity contribution in [3.8, 4) is 5.75 Å². The van der Waals surface area contributed by atoms with Crippen LogP contribution in [0.1, 0.15) is 32.6 Å². The van der Waals surface area contributed by atoms with E-state index in [4.69, 9.17) is 9.84 Å². The fraction of sp³-hybridized carbons (Fsp3) is 0.526. The minimum Gasteiger partial charge on any atom is -0.494 e. The van der Waals surface area contributed by atoms with Crippen LogP contribution >= 0.6 is 0 Å². The largest absolute Gasteiger partial charge is 0.494 e. The van der Waals surface area contributed by atoms with Crippen molar-refractivity contribution in [1.82, 2.24) is 4.90 Å². The second-order valence-corrected chi connectivity index (χ2v) is 6.78. The number of hydrogen-bond donors (Lipinski definition) is 1. The van der Waals surface area contributed by atoms with E-state index in [1.165, 1.54) is 4.90 Å². The van der Waals surface area contributed by atoms with Gasteiger partial charge in [0.05, 0.1) is 30.7 Å². The summed E-state index contributed by atoms with van der Waals surface area (Å²) in [6, 6.07) is 6.47. The second kappa shape index (κ2) is 7.86. The van der Waals surface area contributed by atoms with Crippen LogP contribution < -0.4 is 9.64 Å². The van der Waals surface area contributed by atoms with E-state index in [-0.39, 0.29) is 24.2 Å². The molecule has 26 heavy (non-hydrogen) atoms. The number of carbonyl (C=O) groups excluding carboxylic acids is 2. The van der Waals surface area contributed by atoms with E-state index in [9.17, 15) is 14.4 Å². The van der Waals surface area contributed by atoms with E-state index in [2.05, 4.69) is 0 Å². The smallest absolute Gasteiger partial charge is 0.306 e. The molecule has 2 saturated heterocycles. The number of carboxylic acid groups (broad SMARTS) is 1. The van der Waals surface area contributed by atoms with Crippen LogP contribution in [0.3, 0.4) is 0 Å². The van der Waals surface area contributed by atoms with Gasteiger partial charge < -0.3 is 9.84 Å². The lowest BCUT2D eigenvalue weighted by atomic mass is 9.96. The monoisotopic (exact) mass is 360 g/mol. The maximum atomic E-state index is 12.8. The van der Waals surface area contributed by atoms with E-state index in [0.29, 0.717) is 44.0 Å². The zero-order valence-electron chi connectivity index (χ0n) is 14.9. The number of nitrogens with zero attached hydrogens (tertiary/aromatic N) is 2. The van der Waals surface area contributed by atoms with Crippen LogP contribution in [0.15, 0.2) is 24.3 Å². The lowest BCUT2D eigenvalue weighted by Crippen LogP contribution is -2.46. The normalized spacial score (nSPS) is 22.0. The molecule has 1 N–H and O–H groups in total. The number of rotatable bonds is 6. The topological polar surface area (TPSA) is 87.2 Å². The van der Waals surface area contributed by atoms with Gasteiger partial charge in [0.25, 0.3) is 5.91 Å². The van der Waals surface area contributed by atoms with Gasteiger partial charge in [0.1, 0.15) is 5.75 Å². The minimum absolute atomic E-state index is 0.144. The van der Waals surface area contributed by atoms with Crippen LogP contribution in [0.2, 0.25) is 0 Å². The number of piperidine rings is 1. The fourth-order valence-corrected chi connectivity index (χ4v) is 3.54. The molecule has 0 radical (unpaired) electrons. The maximum Gasteiger partial charge on any atom is 0.306 e. The summed E-state index contributed by atoms with van der Waals surface area (Å²) in [5, 5.41) is 9.09. The van der Waals surface area contributed by atoms with Crippen LogP contribution in [-0.2, 0) is 14.4 Å². The number of likely N-dealkylation sites (tertiary alicyclic amines) is 1. The van der Waals surface area contributed by atoms with Crippen molar-refractivity contribution in [3.63, 3.8) is 0 Å². The summed E-state index contributed by atoms with van der Waals surface area (Å²) in [7, 11) is 0. The van der Waals surface area contributed by atoms with E-state index < -0.39 is 12.0 Å². The summed E-state index contributed by atoms with van der Waals surface area (Å²) < 4.78 is 5.53. The molecule has 2 aliphatic rings. The molecule has 0 spiro atoms. The van der Waals surface area contributed by atoms with Gasteiger partial charge in [-0.1, -0.05) is 6.92 Å². The average molecular weight is 360 g/mol. The Morgan fingerprint density at radius 1 is 1.19 bits per heavy atom. The second-order valence-electron chi connectivity index (χ2n) is 6.78. The summed E-state index contributed by atoms with van der Waals surface area (Å²) >= 11 is 0. The zero-order chi connectivity index (χ0) is 18.7. The first-order valence-electron chi connectivity index (χ1n) is 9.07. The van der Waals surface area contributed by atoms with Gasteiger partial charge in [-0.25, -0.2) is 4.90 Å². The number of aliphatic carboxylic acids is 1. The van der Waals surface area contributed by atoms with Gasteiger partial charge in [-0.15, -0.1) is 0 Å². The summed E-state index contributed by atoms with van der Waals surface area (Å²) in [5.74, 6) is -0.883. The first kappa shape index (κ1) is 18.4. The third-order valence-electron chi connectivity index (χ3n) is 5.01. The molecule has 0 aliphatic carbocycles. The maximum absolute atomic E-state index is 12.8. The van der Waals surface area contributed by atoms with Crippen molar-refractivity contribution in [3.05, 3.63) is 24.3 Å². The fourth-order valence-electron chi connectivity index (χ4n) is 3.54. The number of anilines is 1. The molecule has 0 saturated carbocycles. The molecule has 7 nitrogen and oxygen atoms in total. The Hall–Kier alpha value is -2.41. The van der Waals surface area contributed by atoms with Gasteiger partial charge >= 0.3 is 5.97 Å². The summed E-state index contributed by atoms with van der Waals surface area (Å²) in [6.07, 6.45) is 2.07. The molecule has 1 unspecified atom stereocenters. The van der Waals surface area contributed by atoms with Crippen molar-refractivity contribution in [1.29, 1.82) is 0 Å². The summed E-state index contributed by atoms with van der Waals surface area (Å²) in [4.78, 5) is 39.5. The van der Waals surface area contributed by atoms with Gasteiger partial charge in [0, 0.05) is 0 Å². The zero-order valence-corrected chi connectivity index (χ0v) is 14.9. The van der Waals surface area contributed by atoms with Crippen LogP contribution in [0.5, 0.6) is 5.75 Å². The Morgan fingerprint density at radius 2 is 1.85 bits per heavy atom. The molecular formula is C19H24N2O5. The lowest BCUT2D eigenvalue weighted by Gasteiger charge is -2.33. The molecule has 0 aromatic heterocycles. The van der Waals surface area contributed by atoms with Gasteiger partial charge in [-0.3, -0.25) is 19.3 Å². The first-order chi connectivity index (χ1) is 12.5. The quantitative estimate of drug-likeness (QED) is 0.780. The highest BCUT2D eigenvalue weighted by atomic mass is 16.5. The van der Waals surface area contributed by atoms with Gasteiger partial charge in [-0.2, -0.15) is 0 Å². The SMILES string of the molecule is CCCOc1ccc(N2C(=O)CC(N3CCC(C(=O)O)CC3)C2=O)cc1. The van der Waals surface area contributed by atoms with Gasteiger partial charge in [-0.05, 0) is 56.6 Å². The number of hydrogen-bond acceptors (Lipinski definition) is 5. The molecule has 1 aromatic rings. The number of carbonyl (C=O) groups is 3. The predicted molar refractivity (Wildman–Crippen MR) is 95.1 cm³/mol. The van der Waals surface area contributed by atoms with Crippen LogP contribution in [0.25, 0.3) is 0 Å². The van der Waals surface area contributed by atoms with Crippen LogP contribution in [-0.4, -0.2) is 53.5 Å². The predicted octanol–water partition coefficient (Wildman–Crippen LogP) is 1.90. The molecule has 1 aromatic carbocycles. The van der Waals surface area contributed by atoms with Crippen molar-refractivity contribution in [2.75, 3.05) is 24.6 Å². The van der Waals surface area contributed by atoms with Crippen molar-refractivity contribution >= 4 is 23.5 Å². The van der Waals surface area contributed by atoms with Gasteiger partial charge in [0.2, 0.25) is 5.91 Å². The number of ether oxygens (including phenoxy) is 1. The summed E-state index contributed by atoms with van der Waals surface area (Å²) in [6.45, 7) is 3.70. The van der Waals surface area contributed by atoms with Crippen LogP contribution in [0, 0.1) is 5.92 Å². The van der Waals surface area contributed by atoms with Crippen molar-refractivity contribution in [2.45, 2.75) is 38.6 Å². The molecule has 2 fully saturated rings. The van der Waals surface area contributed by atoms with Crippen LogP contribution in [0.4, 0.5) is 5.69 Å². The number of benzene rings is 1. The molecule has 2 heterocycles. The number of carboxylic acids is 1. The average Bonchev–Trinajstić information content (AvgIpc) is 2.95. The standard InChI is InChI=1S/C19H24N2O5/c1-2-11-26-15-5-3-14(4-6-15)21-17(22)12-16(18(21)23)20-9-7-13(8-10-20)19(24)25/h3-6,13,16H,2,7-12H2,1H3,(H,24,25). The van der Waals surface area contributed by atoms with Crippen molar-refractivity contribution < 1.29 is 24.2 Å². The number of imide groups is 1. The van der Waals surface area contributed by atoms with E-state index in [0.717, 1.165) is 6.42 Å². The highest BCUT2D eigenvalue weighted by Crippen LogP contribution is 2.29. The Kier molecular flexibility index (Phi) is 5.56. The molecule has 3 rings (SSSR count). The minimum atomic E-state index is -0.787.